The molecule has 13 heteroatoms. The lowest BCUT2D eigenvalue weighted by molar-refractivity contribution is -0.258. The van der Waals surface area contributed by atoms with Crippen molar-refractivity contribution in [2.45, 2.75) is 186 Å². The van der Waals surface area contributed by atoms with Crippen LogP contribution in [0.3, 0.4) is 0 Å². The zero-order valence-corrected chi connectivity index (χ0v) is 43.1. The third-order valence-corrected chi connectivity index (χ3v) is 15.7. The molecule has 3 N–H and O–H groups in total. The van der Waals surface area contributed by atoms with Crippen LogP contribution in [0.5, 0.6) is 23.0 Å². The number of aliphatic hydroxyl groups excluding tert-OH is 2. The number of nitrogens with zero attached hydrogens (tertiary/aromatic N) is 2. The zero-order chi connectivity index (χ0) is 49.8. The minimum atomic E-state index is -1.41. The molecule has 2 aromatic carbocycles. The maximum Gasteiger partial charge on any atom is 0.412 e. The van der Waals surface area contributed by atoms with Gasteiger partial charge in [-0.2, -0.15) is 0 Å². The van der Waals surface area contributed by atoms with Gasteiger partial charge in [-0.05, 0) is 105 Å². The van der Waals surface area contributed by atoms with Crippen LogP contribution in [0.15, 0.2) is 65.9 Å². The van der Waals surface area contributed by atoms with Gasteiger partial charge in [-0.25, -0.2) is 4.79 Å². The minimum Gasteiger partial charge on any atom is -0.459 e. The van der Waals surface area contributed by atoms with E-state index in [0.29, 0.717) is 67.8 Å². The predicted molar refractivity (Wildman–Crippen MR) is 277 cm³/mol. The van der Waals surface area contributed by atoms with E-state index in [1.807, 2.05) is 42.2 Å². The van der Waals surface area contributed by atoms with Gasteiger partial charge in [-0.15, -0.1) is 6.58 Å². The number of fused-ring (bicyclic) bond motifs is 3. The Morgan fingerprint density at radius 2 is 1.58 bits per heavy atom. The van der Waals surface area contributed by atoms with E-state index in [4.69, 9.17) is 33.7 Å². The number of allylic oxidation sites excluding steroid dienone is 1. The van der Waals surface area contributed by atoms with E-state index in [9.17, 15) is 15.0 Å². The molecule has 71 heavy (non-hydrogen) atoms. The maximum atomic E-state index is 15.3. The highest BCUT2D eigenvalue weighted by molar-refractivity contribution is 6.03. The Labute approximate surface area is 424 Å². The summed E-state index contributed by atoms with van der Waals surface area (Å²) in [5, 5.41) is 27.9. The third-order valence-electron chi connectivity index (χ3n) is 15.7. The molecule has 0 aromatic heterocycles. The highest BCUT2D eigenvalue weighted by atomic mass is 16.7. The Kier molecular flexibility index (Phi) is 21.4. The lowest BCUT2D eigenvalue weighted by Crippen LogP contribution is -2.70. The molecule has 0 unspecified atom stereocenters. The first kappa shape index (κ1) is 54.2. The summed E-state index contributed by atoms with van der Waals surface area (Å²) in [7, 11) is 0. The second kappa shape index (κ2) is 28.0. The summed E-state index contributed by atoms with van der Waals surface area (Å²) in [4.78, 5) is 36.7. The van der Waals surface area contributed by atoms with Crippen molar-refractivity contribution in [1.82, 2.24) is 10.2 Å². The summed E-state index contributed by atoms with van der Waals surface area (Å²) in [6.07, 6.45) is 26.5. The summed E-state index contributed by atoms with van der Waals surface area (Å²) in [6, 6.07) is 10.8. The van der Waals surface area contributed by atoms with Gasteiger partial charge in [0, 0.05) is 50.6 Å². The number of oxime groups is 1. The maximum absolute atomic E-state index is 15.3. The van der Waals surface area contributed by atoms with Gasteiger partial charge >= 0.3 is 6.09 Å². The van der Waals surface area contributed by atoms with Crippen molar-refractivity contribution in [3.63, 3.8) is 0 Å². The molecule has 7 rings (SSSR count). The summed E-state index contributed by atoms with van der Waals surface area (Å²) in [6.45, 7) is 9.92. The van der Waals surface area contributed by atoms with Crippen LogP contribution in [0.25, 0.3) is 0 Å². The van der Waals surface area contributed by atoms with Crippen LogP contribution in [-0.4, -0.2) is 84.4 Å². The average Bonchev–Trinajstić information content (AvgIpc) is 4.09. The van der Waals surface area contributed by atoms with Gasteiger partial charge in [0.2, 0.25) is 18.5 Å². The van der Waals surface area contributed by atoms with Crippen molar-refractivity contribution in [2.24, 2.45) is 28.8 Å². The monoisotopic (exact) mass is 984 g/mol. The first-order valence-corrected chi connectivity index (χ1v) is 27.7. The number of carbonyl (C=O) groups is 2. The van der Waals surface area contributed by atoms with E-state index in [0.717, 1.165) is 86.6 Å². The Balaban J connectivity index is 1.26. The lowest BCUT2D eigenvalue weighted by atomic mass is 9.55. The van der Waals surface area contributed by atoms with Crippen LogP contribution in [0.1, 0.15) is 179 Å². The zero-order valence-electron chi connectivity index (χ0n) is 43.1. The highest BCUT2D eigenvalue weighted by Gasteiger charge is 2.65. The molecule has 2 saturated carbocycles. The second-order valence-electron chi connectivity index (χ2n) is 20.6. The van der Waals surface area contributed by atoms with E-state index in [1.165, 1.54) is 57.8 Å². The Bertz CT molecular complexity index is 2070. The van der Waals surface area contributed by atoms with Crippen molar-refractivity contribution in [3.05, 3.63) is 71.8 Å². The van der Waals surface area contributed by atoms with Crippen LogP contribution in [0, 0.1) is 23.7 Å². The van der Waals surface area contributed by atoms with Crippen LogP contribution < -0.4 is 24.3 Å². The Morgan fingerprint density at radius 3 is 2.31 bits per heavy atom. The second-order valence-corrected chi connectivity index (χ2v) is 20.6. The fourth-order valence-electron chi connectivity index (χ4n) is 12.2. The smallest absolute Gasteiger partial charge is 0.412 e. The molecule has 392 valence electrons. The van der Waals surface area contributed by atoms with Gasteiger partial charge in [0.1, 0.15) is 24.1 Å². The SMILES string of the molecule is C=CCO[C@@]12Oc3ccc(OC(=O)NCCCCCCCCCCCC)cc3[C@H]3[C@H](CCCCO)[C@@H](CCCCO)C=C(C(=NOCC)C[C@@H]1N(Cc1ccc4c(c1)OCO4)C(=O)CCC1CCCC1)[C@H]32. The highest BCUT2D eigenvalue weighted by Crippen LogP contribution is 2.62. The minimum absolute atomic E-state index is 0.0139. The van der Waals surface area contributed by atoms with Gasteiger partial charge < -0.3 is 49.0 Å². The predicted octanol–water partition coefficient (Wildman–Crippen LogP) is 12.1. The molecule has 2 aromatic rings. The van der Waals surface area contributed by atoms with Gasteiger partial charge in [-0.1, -0.05) is 127 Å². The number of unbranched alkanes of at least 4 members (excludes halogenated alkanes) is 11. The molecule has 0 radical (unpaired) electrons. The summed E-state index contributed by atoms with van der Waals surface area (Å²) in [5.74, 6) is 0.792. The molecular weight excluding hydrogens is 899 g/mol. The number of rotatable bonds is 31. The average molecular weight is 984 g/mol. The Morgan fingerprint density at radius 1 is 0.859 bits per heavy atom. The molecule has 5 aliphatic rings. The van der Waals surface area contributed by atoms with E-state index >= 15 is 4.79 Å². The van der Waals surface area contributed by atoms with Crippen LogP contribution in [0.4, 0.5) is 4.79 Å². The van der Waals surface area contributed by atoms with Crippen molar-refractivity contribution >= 4 is 17.7 Å². The first-order valence-electron chi connectivity index (χ1n) is 27.7. The summed E-state index contributed by atoms with van der Waals surface area (Å²) in [5.41, 5.74) is 3.49. The molecule has 0 saturated heterocycles. The fourth-order valence-corrected chi connectivity index (χ4v) is 12.2. The van der Waals surface area contributed by atoms with Gasteiger partial charge in [0.05, 0.1) is 18.2 Å². The first-order chi connectivity index (χ1) is 34.8. The molecule has 6 atom stereocenters. The summed E-state index contributed by atoms with van der Waals surface area (Å²) >= 11 is 0. The molecule has 3 aliphatic carbocycles. The van der Waals surface area contributed by atoms with Gasteiger partial charge in [0.25, 0.3) is 0 Å². The van der Waals surface area contributed by atoms with Crippen LogP contribution in [-0.2, 0) is 20.9 Å². The molecule has 2 fully saturated rings. The molecule has 13 nitrogen and oxygen atoms in total. The summed E-state index contributed by atoms with van der Waals surface area (Å²) < 4.78 is 32.3. The van der Waals surface area contributed by atoms with Crippen molar-refractivity contribution in [1.29, 1.82) is 0 Å². The van der Waals surface area contributed by atoms with Crippen molar-refractivity contribution < 1.29 is 48.3 Å². The number of nitrogens with one attached hydrogen (secondary N) is 1. The van der Waals surface area contributed by atoms with Crippen molar-refractivity contribution in [3.8, 4) is 23.0 Å². The molecule has 2 aliphatic heterocycles. The van der Waals surface area contributed by atoms with E-state index in [-0.39, 0.29) is 56.8 Å². The molecule has 2 amide bonds. The lowest BCUT2D eigenvalue weighted by Gasteiger charge is -2.60. The number of hydrogen-bond donors (Lipinski definition) is 3. The molecule has 0 bridgehead atoms. The van der Waals surface area contributed by atoms with E-state index in [1.54, 1.807) is 12.1 Å². The quantitative estimate of drug-likeness (QED) is 0.0377. The van der Waals surface area contributed by atoms with E-state index < -0.39 is 23.8 Å². The standard InChI is InChI=1S/C58H85N3O10/c1-4-7-8-9-10-11-12-13-14-19-32-59-57(65)70-45-28-30-50-48(38-45)55-46(25-18-21-34-63)44(24-17-20-33-62)37-47-49(60-69-6-3)39-53(58(71-50,56(47)55)68-35-5-2)61(54(64)31-27-42-22-15-16-23-42)40-43-26-29-51-52(36-43)67-41-66-51/h5,26,28-30,36-38,42,44,46,53,55-56,62-63H,2,4,6-25,27,31-35,39-41H2,1,3H3,(H,59,65)/t44-,46+,53-,55+,56+,58+/m0/s1. The third kappa shape index (κ3) is 14.1. The number of aliphatic hydroxyl groups is 2. The molecule has 2 heterocycles. The topological polar surface area (TPSA) is 158 Å². The number of hydrogen-bond acceptors (Lipinski definition) is 11. The van der Waals surface area contributed by atoms with Crippen LogP contribution in [0.2, 0.25) is 0 Å². The molecule has 0 spiro atoms. The normalized spacial score (nSPS) is 23.6. The van der Waals surface area contributed by atoms with Gasteiger partial charge in [-0.3, -0.25) is 4.79 Å². The molecular formula is C58H85N3O10. The number of amides is 2. The number of ether oxygens (including phenoxy) is 5. The fraction of sp³-hybridized carbons (Fsp3) is 0.672. The Hall–Kier alpha value is -4.59. The largest absolute Gasteiger partial charge is 0.459 e. The van der Waals surface area contributed by atoms with E-state index in [2.05, 4.69) is 24.9 Å². The number of benzene rings is 2. The van der Waals surface area contributed by atoms with Crippen molar-refractivity contribution in [2.75, 3.05) is 39.8 Å². The van der Waals surface area contributed by atoms with Gasteiger partial charge in [0.15, 0.2) is 11.5 Å². The van der Waals surface area contributed by atoms with Crippen LogP contribution >= 0.6 is 0 Å². The number of carbonyl (C=O) groups excluding carboxylic acids is 2.